The highest BCUT2D eigenvalue weighted by Crippen LogP contribution is 2.37. The molecule has 8 heteroatoms. The zero-order valence-electron chi connectivity index (χ0n) is 18.4. The summed E-state index contributed by atoms with van der Waals surface area (Å²) in [7, 11) is 0. The number of anilines is 2. The molecule has 2 aromatic carbocycles. The Hall–Kier alpha value is -4.43. The van der Waals surface area contributed by atoms with Crippen molar-refractivity contribution in [3.8, 4) is 0 Å². The van der Waals surface area contributed by atoms with Gasteiger partial charge in [0, 0.05) is 46.9 Å². The van der Waals surface area contributed by atoms with E-state index in [1.807, 2.05) is 61.7 Å². The van der Waals surface area contributed by atoms with Gasteiger partial charge >= 0.3 is 0 Å². The van der Waals surface area contributed by atoms with Gasteiger partial charge in [-0.2, -0.15) is 5.10 Å². The van der Waals surface area contributed by atoms with E-state index >= 15 is 0 Å². The van der Waals surface area contributed by atoms with Gasteiger partial charge < -0.3 is 20.7 Å². The molecule has 3 aromatic heterocycles. The summed E-state index contributed by atoms with van der Waals surface area (Å²) in [5.41, 5.74) is 4.42. The number of pyridine rings is 1. The van der Waals surface area contributed by atoms with Gasteiger partial charge in [-0.3, -0.25) is 9.78 Å². The summed E-state index contributed by atoms with van der Waals surface area (Å²) in [6.07, 6.45) is 5.42. The number of carbonyl (C=O) groups excluding carboxylic acids is 1. The predicted octanol–water partition coefficient (Wildman–Crippen LogP) is 4.33. The fourth-order valence-corrected chi connectivity index (χ4v) is 4.60. The van der Waals surface area contributed by atoms with Gasteiger partial charge in [0.2, 0.25) is 0 Å². The van der Waals surface area contributed by atoms with E-state index in [0.717, 1.165) is 38.8 Å². The molecule has 4 N–H and O–H groups in total. The van der Waals surface area contributed by atoms with E-state index in [-0.39, 0.29) is 12.5 Å². The fourth-order valence-electron chi connectivity index (χ4n) is 4.60. The molecule has 1 aliphatic heterocycles. The Kier molecular flexibility index (Phi) is 4.67. The highest BCUT2D eigenvalue weighted by Gasteiger charge is 2.33. The maximum atomic E-state index is 13.7. The molecular formula is C26H22N6O2. The number of rotatable bonds is 4. The lowest BCUT2D eigenvalue weighted by Gasteiger charge is -2.29. The summed E-state index contributed by atoms with van der Waals surface area (Å²) in [4.78, 5) is 21.1. The Morgan fingerprint density at radius 3 is 2.85 bits per heavy atom. The zero-order valence-corrected chi connectivity index (χ0v) is 18.4. The summed E-state index contributed by atoms with van der Waals surface area (Å²) >= 11 is 0. The number of fused-ring (bicyclic) bond motifs is 3. The van der Waals surface area contributed by atoms with Gasteiger partial charge in [-0.1, -0.05) is 18.2 Å². The van der Waals surface area contributed by atoms with Crippen molar-refractivity contribution >= 4 is 39.1 Å². The lowest BCUT2D eigenvalue weighted by molar-refractivity contribution is -0.113. The second-order valence-corrected chi connectivity index (χ2v) is 8.41. The second kappa shape index (κ2) is 7.86. The average molecular weight is 451 g/mol. The van der Waals surface area contributed by atoms with Crippen LogP contribution in [0, 0.1) is 0 Å². The van der Waals surface area contributed by atoms with Gasteiger partial charge in [-0.25, -0.2) is 4.68 Å². The third-order valence-corrected chi connectivity index (χ3v) is 6.22. The van der Waals surface area contributed by atoms with Crippen molar-refractivity contribution in [2.75, 3.05) is 10.6 Å². The van der Waals surface area contributed by atoms with E-state index in [1.54, 1.807) is 23.1 Å². The first kappa shape index (κ1) is 20.2. The van der Waals surface area contributed by atoms with Crippen LogP contribution in [0.4, 0.5) is 11.5 Å². The van der Waals surface area contributed by atoms with Crippen LogP contribution in [0.5, 0.6) is 0 Å². The molecule has 0 saturated heterocycles. The van der Waals surface area contributed by atoms with Gasteiger partial charge in [-0.05, 0) is 53.6 Å². The van der Waals surface area contributed by atoms with Gasteiger partial charge in [0.1, 0.15) is 11.9 Å². The van der Waals surface area contributed by atoms with E-state index in [9.17, 15) is 9.90 Å². The van der Waals surface area contributed by atoms with Crippen molar-refractivity contribution in [3.05, 3.63) is 95.7 Å². The van der Waals surface area contributed by atoms with Crippen LogP contribution in [-0.4, -0.2) is 30.8 Å². The number of carbonyl (C=O) groups is 1. The number of amides is 1. The average Bonchev–Trinajstić information content (AvgIpc) is 3.49. The van der Waals surface area contributed by atoms with Crippen molar-refractivity contribution in [2.24, 2.45) is 0 Å². The van der Waals surface area contributed by atoms with Crippen LogP contribution in [-0.2, 0) is 11.4 Å². The van der Waals surface area contributed by atoms with Gasteiger partial charge in [-0.15, -0.1) is 0 Å². The molecule has 0 spiro atoms. The van der Waals surface area contributed by atoms with Crippen molar-refractivity contribution in [1.29, 1.82) is 0 Å². The van der Waals surface area contributed by atoms with E-state index in [0.29, 0.717) is 17.0 Å². The summed E-state index contributed by atoms with van der Waals surface area (Å²) < 4.78 is 1.77. The number of nitrogens with zero attached hydrogens (tertiary/aromatic N) is 3. The van der Waals surface area contributed by atoms with E-state index in [2.05, 4.69) is 25.7 Å². The summed E-state index contributed by atoms with van der Waals surface area (Å²) in [6.45, 7) is 1.70. The predicted molar refractivity (Wildman–Crippen MR) is 131 cm³/mol. The monoisotopic (exact) mass is 450 g/mol. The Bertz CT molecular complexity index is 1600. The second-order valence-electron chi connectivity index (χ2n) is 8.41. The van der Waals surface area contributed by atoms with Crippen molar-refractivity contribution in [2.45, 2.75) is 19.6 Å². The van der Waals surface area contributed by atoms with E-state index in [4.69, 9.17) is 0 Å². The van der Waals surface area contributed by atoms with Crippen LogP contribution in [0.25, 0.3) is 21.7 Å². The Balaban J connectivity index is 1.44. The minimum absolute atomic E-state index is 0.184. The number of allylic oxidation sites excluding steroid dienone is 1. The summed E-state index contributed by atoms with van der Waals surface area (Å²) in [5, 5.41) is 23.7. The van der Waals surface area contributed by atoms with Crippen LogP contribution in [0.15, 0.2) is 84.5 Å². The molecule has 0 bridgehead atoms. The third kappa shape index (κ3) is 3.32. The highest BCUT2D eigenvalue weighted by molar-refractivity contribution is 6.07. The molecule has 1 amide bonds. The lowest BCUT2D eigenvalue weighted by atomic mass is 9.94. The molecule has 1 unspecified atom stereocenters. The fraction of sp³-hybridized carbons (Fsp3) is 0.115. The van der Waals surface area contributed by atoms with Crippen LogP contribution in [0.3, 0.4) is 0 Å². The van der Waals surface area contributed by atoms with Crippen molar-refractivity contribution in [3.63, 3.8) is 0 Å². The van der Waals surface area contributed by atoms with Crippen LogP contribution in [0.2, 0.25) is 0 Å². The standard InChI is InChI=1S/C26H22N6O2/c1-15-24(26(34)30-20-5-4-19-13-27-8-6-17(19)10-20)25(32-23(29-15)12-21(14-33)31-32)18-3-2-16-7-9-28-22(16)11-18/h2-13,25,28-29,33H,14H2,1H3,(H,30,34). The summed E-state index contributed by atoms with van der Waals surface area (Å²) in [5.74, 6) is 0.509. The maximum Gasteiger partial charge on any atom is 0.255 e. The zero-order chi connectivity index (χ0) is 23.2. The van der Waals surface area contributed by atoms with Gasteiger partial charge in [0.25, 0.3) is 5.91 Å². The first-order valence-corrected chi connectivity index (χ1v) is 11.0. The van der Waals surface area contributed by atoms with Crippen molar-refractivity contribution in [1.82, 2.24) is 19.7 Å². The third-order valence-electron chi connectivity index (χ3n) is 6.22. The van der Waals surface area contributed by atoms with Gasteiger partial charge in [0.15, 0.2) is 0 Å². The molecule has 0 aliphatic carbocycles. The molecule has 5 aromatic rings. The Morgan fingerprint density at radius 1 is 1.09 bits per heavy atom. The summed E-state index contributed by atoms with van der Waals surface area (Å²) in [6, 6.07) is 17.1. The number of benzene rings is 2. The Labute approximate surface area is 194 Å². The number of nitrogens with one attached hydrogen (secondary N) is 3. The highest BCUT2D eigenvalue weighted by atomic mass is 16.3. The first-order chi connectivity index (χ1) is 16.6. The van der Waals surface area contributed by atoms with Crippen molar-refractivity contribution < 1.29 is 9.90 Å². The van der Waals surface area contributed by atoms with Crippen LogP contribution >= 0.6 is 0 Å². The van der Waals surface area contributed by atoms with E-state index < -0.39 is 6.04 Å². The van der Waals surface area contributed by atoms with Crippen LogP contribution < -0.4 is 10.6 Å². The molecule has 1 atom stereocenters. The molecule has 34 heavy (non-hydrogen) atoms. The van der Waals surface area contributed by atoms with E-state index in [1.165, 1.54) is 0 Å². The largest absolute Gasteiger partial charge is 0.390 e. The minimum Gasteiger partial charge on any atom is -0.390 e. The minimum atomic E-state index is -0.464. The molecule has 0 saturated carbocycles. The smallest absolute Gasteiger partial charge is 0.255 e. The normalized spacial score (nSPS) is 15.4. The number of H-pyrrole nitrogens is 1. The molecule has 0 radical (unpaired) electrons. The number of aromatic nitrogens is 4. The number of hydrogen-bond acceptors (Lipinski definition) is 5. The number of aliphatic hydroxyl groups excluding tert-OH is 1. The Morgan fingerprint density at radius 2 is 1.97 bits per heavy atom. The van der Waals surface area contributed by atoms with Crippen LogP contribution in [0.1, 0.15) is 24.2 Å². The quantitative estimate of drug-likeness (QED) is 0.326. The number of aromatic amines is 1. The number of hydrogen-bond donors (Lipinski definition) is 4. The molecule has 168 valence electrons. The first-order valence-electron chi connectivity index (χ1n) is 11.0. The molecule has 0 fully saturated rings. The van der Waals surface area contributed by atoms with Gasteiger partial charge in [0.05, 0.1) is 17.9 Å². The molecular weight excluding hydrogens is 428 g/mol. The SMILES string of the molecule is CC1=C(C(=O)Nc2ccc3cnccc3c2)C(c2ccc3cc[nH]c3c2)n2nc(CO)cc2N1. The molecule has 6 rings (SSSR count). The number of aliphatic hydroxyl groups is 1. The molecule has 8 nitrogen and oxygen atoms in total. The lowest BCUT2D eigenvalue weighted by Crippen LogP contribution is -2.31. The topological polar surface area (TPSA) is 108 Å². The maximum absolute atomic E-state index is 13.7. The molecule has 4 heterocycles. The molecule has 1 aliphatic rings.